The minimum absolute atomic E-state index is 0.553. The Bertz CT molecular complexity index is 3500. The van der Waals surface area contributed by atoms with Crippen molar-refractivity contribution in [1.29, 1.82) is 0 Å². The third-order valence-corrected chi connectivity index (χ3v) is 11.9. The van der Waals surface area contributed by atoms with E-state index in [0.717, 1.165) is 60.7 Å². The summed E-state index contributed by atoms with van der Waals surface area (Å²) in [4.78, 5) is 15.8. The van der Waals surface area contributed by atoms with Crippen LogP contribution in [-0.2, 0) is 0 Å². The highest BCUT2D eigenvalue weighted by atomic mass is 32.1. The van der Waals surface area contributed by atoms with E-state index < -0.39 is 0 Å². The zero-order valence-electron chi connectivity index (χ0n) is 29.3. The average Bonchev–Trinajstić information content (AvgIpc) is 3.92. The molecule has 256 valence electrons. The zero-order valence-corrected chi connectivity index (χ0v) is 30.1. The third-order valence-electron chi connectivity index (χ3n) is 10.8. The Hall–Kier alpha value is -7.15. The van der Waals surface area contributed by atoms with E-state index in [4.69, 9.17) is 19.4 Å². The summed E-state index contributed by atoms with van der Waals surface area (Å²) in [6, 6.07) is 59.7. The van der Waals surface area contributed by atoms with E-state index in [0.29, 0.717) is 17.5 Å². The second kappa shape index (κ2) is 11.7. The van der Waals surface area contributed by atoms with E-state index in [1.165, 1.54) is 36.3 Å². The minimum atomic E-state index is 0.553. The fourth-order valence-electron chi connectivity index (χ4n) is 8.33. The summed E-state index contributed by atoms with van der Waals surface area (Å²) < 4.78 is 11.5. The molecule has 8 aromatic carbocycles. The predicted molar refractivity (Wildman–Crippen MR) is 228 cm³/mol. The van der Waals surface area contributed by atoms with Gasteiger partial charge in [0.2, 0.25) is 0 Å². The van der Waals surface area contributed by atoms with Gasteiger partial charge in [0.25, 0.3) is 0 Å². The Morgan fingerprint density at radius 3 is 1.98 bits per heavy atom. The number of hydrogen-bond donors (Lipinski definition) is 0. The maximum absolute atomic E-state index is 6.74. The van der Waals surface area contributed by atoms with Crippen molar-refractivity contribution in [2.45, 2.75) is 0 Å². The van der Waals surface area contributed by atoms with Crippen molar-refractivity contribution in [3.8, 4) is 39.9 Å². The standard InChI is InChI=1S/C49H28N4OS/c1-2-13-29(14-3-1)47-50-48(36-20-12-24-44-45(36)35-19-8-11-23-43(35)55-44)52-49(51-47)39-28-32(27-38-34-18-7-10-22-42(34)54-46(38)39)53-40-21-9-6-17-33(40)37-25-30-15-4-5-16-31(30)26-41(37)53/h1-28H. The summed E-state index contributed by atoms with van der Waals surface area (Å²) in [6.45, 7) is 0. The second-order valence-electron chi connectivity index (χ2n) is 14.0. The van der Waals surface area contributed by atoms with Crippen molar-refractivity contribution < 1.29 is 4.42 Å². The highest BCUT2D eigenvalue weighted by Crippen LogP contribution is 2.43. The number of hydrogen-bond acceptors (Lipinski definition) is 5. The van der Waals surface area contributed by atoms with Crippen LogP contribution < -0.4 is 0 Å². The molecule has 5 nitrogen and oxygen atoms in total. The smallest absolute Gasteiger partial charge is 0.167 e. The van der Waals surface area contributed by atoms with E-state index in [2.05, 4.69) is 144 Å². The van der Waals surface area contributed by atoms with Crippen molar-refractivity contribution in [1.82, 2.24) is 19.5 Å². The third kappa shape index (κ3) is 4.62. The lowest BCUT2D eigenvalue weighted by molar-refractivity contribution is 0.669. The molecule has 12 aromatic rings. The molecule has 0 unspecified atom stereocenters. The molecule has 0 aliphatic rings. The molecule has 0 aliphatic heterocycles. The van der Waals surface area contributed by atoms with E-state index in [1.807, 2.05) is 30.3 Å². The average molecular weight is 721 g/mol. The molecule has 0 atom stereocenters. The van der Waals surface area contributed by atoms with Crippen LogP contribution in [0.5, 0.6) is 0 Å². The SMILES string of the molecule is c1ccc(-c2nc(-c3cc(-n4c5ccccc5c5cc6ccccc6cc54)cc4c3oc3ccccc34)nc(-c3cccc4sc5ccccc5c34)n2)cc1. The molecule has 0 saturated carbocycles. The summed E-state index contributed by atoms with van der Waals surface area (Å²) in [6.07, 6.45) is 0. The highest BCUT2D eigenvalue weighted by Gasteiger charge is 2.23. The summed E-state index contributed by atoms with van der Waals surface area (Å²) in [5, 5.41) is 9.21. The number of benzene rings is 8. The Kier molecular flexibility index (Phi) is 6.44. The molecule has 55 heavy (non-hydrogen) atoms. The van der Waals surface area contributed by atoms with Crippen molar-refractivity contribution >= 4 is 86.0 Å². The van der Waals surface area contributed by atoms with E-state index >= 15 is 0 Å². The van der Waals surface area contributed by atoms with E-state index in [9.17, 15) is 0 Å². The van der Waals surface area contributed by atoms with Gasteiger partial charge in [0, 0.05) is 58.5 Å². The molecule has 12 rings (SSSR count). The fourth-order valence-corrected chi connectivity index (χ4v) is 9.47. The molecular formula is C49H28N4OS. The van der Waals surface area contributed by atoms with Gasteiger partial charge in [-0.25, -0.2) is 15.0 Å². The van der Waals surface area contributed by atoms with E-state index in [-0.39, 0.29) is 0 Å². The van der Waals surface area contributed by atoms with Crippen LogP contribution in [0.15, 0.2) is 174 Å². The molecule has 6 heteroatoms. The Balaban J connectivity index is 1.19. The molecule has 0 spiro atoms. The lowest BCUT2D eigenvalue weighted by Gasteiger charge is -2.13. The lowest BCUT2D eigenvalue weighted by Crippen LogP contribution is -2.02. The van der Waals surface area contributed by atoms with E-state index in [1.54, 1.807) is 11.3 Å². The van der Waals surface area contributed by atoms with Gasteiger partial charge in [-0.05, 0) is 59.3 Å². The van der Waals surface area contributed by atoms with Gasteiger partial charge >= 0.3 is 0 Å². The molecule has 0 fully saturated rings. The Morgan fingerprint density at radius 2 is 1.11 bits per heavy atom. The first-order valence-electron chi connectivity index (χ1n) is 18.4. The first kappa shape index (κ1) is 30.3. The Labute approximate surface area is 318 Å². The highest BCUT2D eigenvalue weighted by molar-refractivity contribution is 7.25. The predicted octanol–water partition coefficient (Wildman–Crippen LogP) is 13.4. The number of nitrogens with zero attached hydrogens (tertiary/aromatic N) is 4. The maximum atomic E-state index is 6.74. The number of furan rings is 1. The van der Waals surface area contributed by atoms with Crippen molar-refractivity contribution in [2.24, 2.45) is 0 Å². The monoisotopic (exact) mass is 720 g/mol. The lowest BCUT2D eigenvalue weighted by atomic mass is 10.0. The molecule has 0 N–H and O–H groups in total. The number of fused-ring (bicyclic) bond motifs is 10. The van der Waals surface area contributed by atoms with Crippen LogP contribution in [-0.4, -0.2) is 19.5 Å². The van der Waals surface area contributed by atoms with Crippen LogP contribution in [0, 0.1) is 0 Å². The summed E-state index contributed by atoms with van der Waals surface area (Å²) in [5.74, 6) is 1.78. The minimum Gasteiger partial charge on any atom is -0.455 e. The number of rotatable bonds is 4. The maximum Gasteiger partial charge on any atom is 0.167 e. The van der Waals surface area contributed by atoms with Gasteiger partial charge in [0.15, 0.2) is 17.5 Å². The van der Waals surface area contributed by atoms with Gasteiger partial charge in [-0.2, -0.15) is 0 Å². The molecule has 0 bridgehead atoms. The zero-order chi connectivity index (χ0) is 36.0. The summed E-state index contributed by atoms with van der Waals surface area (Å²) in [7, 11) is 0. The molecule has 0 radical (unpaired) electrons. The molecule has 0 aliphatic carbocycles. The fraction of sp³-hybridized carbons (Fsp3) is 0. The Morgan fingerprint density at radius 1 is 0.436 bits per heavy atom. The van der Waals surface area contributed by atoms with Crippen LogP contribution in [0.1, 0.15) is 0 Å². The molecule has 0 amide bonds. The second-order valence-corrected chi connectivity index (χ2v) is 15.1. The quantitative estimate of drug-likeness (QED) is 0.182. The van der Waals surface area contributed by atoms with Crippen LogP contribution >= 0.6 is 11.3 Å². The largest absolute Gasteiger partial charge is 0.455 e. The molecular weight excluding hydrogens is 693 g/mol. The number of thiophene rings is 1. The van der Waals surface area contributed by atoms with Gasteiger partial charge in [-0.3, -0.25) is 0 Å². The van der Waals surface area contributed by atoms with Crippen molar-refractivity contribution in [3.05, 3.63) is 170 Å². The number of aromatic nitrogens is 4. The van der Waals surface area contributed by atoms with Gasteiger partial charge < -0.3 is 8.98 Å². The van der Waals surface area contributed by atoms with Crippen molar-refractivity contribution in [3.63, 3.8) is 0 Å². The van der Waals surface area contributed by atoms with Gasteiger partial charge in [0.05, 0.1) is 16.6 Å². The van der Waals surface area contributed by atoms with Crippen LogP contribution in [0.25, 0.3) is 115 Å². The summed E-state index contributed by atoms with van der Waals surface area (Å²) in [5.41, 5.74) is 7.52. The van der Waals surface area contributed by atoms with Gasteiger partial charge in [-0.1, -0.05) is 121 Å². The first-order chi connectivity index (χ1) is 27.2. The van der Waals surface area contributed by atoms with Crippen LogP contribution in [0.4, 0.5) is 0 Å². The van der Waals surface area contributed by atoms with Gasteiger partial charge in [-0.15, -0.1) is 11.3 Å². The van der Waals surface area contributed by atoms with Crippen molar-refractivity contribution in [2.75, 3.05) is 0 Å². The normalized spacial score (nSPS) is 12.0. The molecule has 4 aromatic heterocycles. The number of para-hydroxylation sites is 2. The molecule has 4 heterocycles. The van der Waals surface area contributed by atoms with Crippen LogP contribution in [0.3, 0.4) is 0 Å². The first-order valence-corrected chi connectivity index (χ1v) is 19.2. The summed E-state index contributed by atoms with van der Waals surface area (Å²) >= 11 is 1.79. The van der Waals surface area contributed by atoms with Crippen LogP contribution in [0.2, 0.25) is 0 Å². The molecule has 0 saturated heterocycles. The topological polar surface area (TPSA) is 56.7 Å². The van der Waals surface area contributed by atoms with Gasteiger partial charge in [0.1, 0.15) is 11.2 Å².